The number of hydrogen-bond acceptors (Lipinski definition) is 6. The molecule has 0 bridgehead atoms. The van der Waals surface area contributed by atoms with Crippen LogP contribution in [0.3, 0.4) is 0 Å². The lowest BCUT2D eigenvalue weighted by Gasteiger charge is -2.28. The van der Waals surface area contributed by atoms with Gasteiger partial charge in [-0.3, -0.25) is 19.9 Å². The summed E-state index contributed by atoms with van der Waals surface area (Å²) >= 11 is 6.06. The first-order valence-electron chi connectivity index (χ1n) is 10.5. The maximum Gasteiger partial charge on any atom is 0.433 e. The van der Waals surface area contributed by atoms with Crippen LogP contribution in [0.1, 0.15) is 28.9 Å². The number of amides is 1. The normalized spacial score (nSPS) is 16.3. The van der Waals surface area contributed by atoms with E-state index < -0.39 is 11.9 Å². The van der Waals surface area contributed by atoms with Crippen LogP contribution in [0.2, 0.25) is 5.02 Å². The van der Waals surface area contributed by atoms with E-state index in [9.17, 15) is 18.0 Å². The summed E-state index contributed by atoms with van der Waals surface area (Å²) in [7, 11) is 1.58. The van der Waals surface area contributed by atoms with Crippen LogP contribution < -0.4 is 5.43 Å². The molecule has 1 amide bonds. The third kappa shape index (κ3) is 5.72. The zero-order valence-corrected chi connectivity index (χ0v) is 19.0. The van der Waals surface area contributed by atoms with Crippen molar-refractivity contribution in [3.8, 4) is 0 Å². The number of pyridine rings is 1. The molecule has 34 heavy (non-hydrogen) atoms. The molecule has 1 aliphatic rings. The minimum atomic E-state index is -4.61. The number of carbonyl (C=O) groups is 1. The van der Waals surface area contributed by atoms with E-state index in [1.165, 1.54) is 18.3 Å². The van der Waals surface area contributed by atoms with Crippen LogP contribution in [-0.2, 0) is 17.5 Å². The topological polar surface area (TPSA) is 84.6 Å². The standard InChI is InChI=1S/C22H22ClF3N6O2/c1-34-8-7-31-12-14(11-27-31)21(33)30-32-6-2-3-16(13-32)28-19-10-20(22(24,25)26)29-18-5-4-15(23)9-17(18)19/h4-5,9-12H,2-3,6-8,13H2,1H3,(H,30,33). The fraction of sp³-hybridized carbons (Fsp3) is 0.364. The van der Waals surface area contributed by atoms with Gasteiger partial charge in [-0.15, -0.1) is 0 Å². The Morgan fingerprint density at radius 1 is 1.32 bits per heavy atom. The summed E-state index contributed by atoms with van der Waals surface area (Å²) in [5, 5.41) is 6.62. The molecule has 0 spiro atoms. The Balaban J connectivity index is 1.54. The number of nitrogens with one attached hydrogen (secondary N) is 1. The predicted octanol–water partition coefficient (Wildman–Crippen LogP) is 4.26. The SMILES string of the molecule is COCCn1cc(C(=O)NN2CCCC(=Nc3cc(C(F)(F)F)nc4ccc(Cl)cc34)C2)cn1. The van der Waals surface area contributed by atoms with Crippen LogP contribution in [0.15, 0.2) is 41.7 Å². The predicted molar refractivity (Wildman–Crippen MR) is 121 cm³/mol. The molecule has 2 aromatic heterocycles. The Bertz CT molecular complexity index is 1230. The molecule has 1 saturated heterocycles. The molecule has 180 valence electrons. The van der Waals surface area contributed by atoms with Crippen molar-refractivity contribution in [2.45, 2.75) is 25.6 Å². The van der Waals surface area contributed by atoms with Crippen LogP contribution in [-0.4, -0.2) is 58.2 Å². The Morgan fingerprint density at radius 3 is 2.91 bits per heavy atom. The van der Waals surface area contributed by atoms with Gasteiger partial charge in [0.2, 0.25) is 0 Å². The number of piperidine rings is 1. The molecule has 0 saturated carbocycles. The zero-order chi connectivity index (χ0) is 24.3. The number of halogens is 4. The molecule has 0 unspecified atom stereocenters. The minimum absolute atomic E-state index is 0.141. The van der Waals surface area contributed by atoms with Crippen LogP contribution >= 0.6 is 11.6 Å². The third-order valence-corrected chi connectivity index (χ3v) is 5.50. The highest BCUT2D eigenvalue weighted by Gasteiger charge is 2.33. The molecule has 12 heteroatoms. The molecule has 1 N–H and O–H groups in total. The van der Waals surface area contributed by atoms with E-state index >= 15 is 0 Å². The monoisotopic (exact) mass is 494 g/mol. The van der Waals surface area contributed by atoms with Crippen molar-refractivity contribution in [2.75, 3.05) is 26.8 Å². The van der Waals surface area contributed by atoms with E-state index in [0.717, 1.165) is 6.07 Å². The third-order valence-electron chi connectivity index (χ3n) is 5.26. The Hall–Kier alpha value is -3.02. The van der Waals surface area contributed by atoms with Crippen molar-refractivity contribution in [3.63, 3.8) is 0 Å². The molecule has 3 aromatic rings. The van der Waals surface area contributed by atoms with Gasteiger partial charge >= 0.3 is 6.18 Å². The van der Waals surface area contributed by atoms with Crippen molar-refractivity contribution in [1.82, 2.24) is 25.2 Å². The summed E-state index contributed by atoms with van der Waals surface area (Å²) in [4.78, 5) is 20.8. The number of hydrazine groups is 1. The van der Waals surface area contributed by atoms with Crippen LogP contribution in [0.4, 0.5) is 18.9 Å². The Kier molecular flexibility index (Phi) is 7.15. The average molecular weight is 495 g/mol. The van der Waals surface area contributed by atoms with Gasteiger partial charge in [0.1, 0.15) is 5.69 Å². The molecule has 0 atom stereocenters. The molecule has 1 aromatic carbocycles. The van der Waals surface area contributed by atoms with Crippen LogP contribution in [0, 0.1) is 0 Å². The first-order chi connectivity index (χ1) is 16.2. The summed E-state index contributed by atoms with van der Waals surface area (Å²) in [6.07, 6.45) is -0.244. The number of aliphatic imine (C=N–C) groups is 1. The fourth-order valence-electron chi connectivity index (χ4n) is 3.62. The number of aromatic nitrogens is 3. The van der Waals surface area contributed by atoms with Gasteiger partial charge in [0.25, 0.3) is 5.91 Å². The van der Waals surface area contributed by atoms with Gasteiger partial charge in [-0.05, 0) is 37.1 Å². The largest absolute Gasteiger partial charge is 0.433 e. The van der Waals surface area contributed by atoms with E-state index in [1.807, 2.05) is 0 Å². The lowest BCUT2D eigenvalue weighted by molar-refractivity contribution is -0.140. The van der Waals surface area contributed by atoms with Crippen molar-refractivity contribution in [3.05, 3.63) is 52.9 Å². The second-order valence-corrected chi connectivity index (χ2v) is 8.25. The molecule has 0 radical (unpaired) electrons. The fourth-order valence-corrected chi connectivity index (χ4v) is 3.80. The van der Waals surface area contributed by atoms with Gasteiger partial charge in [0, 0.05) is 36.0 Å². The summed E-state index contributed by atoms with van der Waals surface area (Å²) in [6, 6.07) is 5.41. The maximum absolute atomic E-state index is 13.4. The first-order valence-corrected chi connectivity index (χ1v) is 10.9. The van der Waals surface area contributed by atoms with Crippen molar-refractivity contribution < 1.29 is 22.7 Å². The molecular formula is C22H22ClF3N6O2. The number of benzene rings is 1. The van der Waals surface area contributed by atoms with Gasteiger partial charge in [-0.1, -0.05) is 11.6 Å². The van der Waals surface area contributed by atoms with Gasteiger partial charge < -0.3 is 4.74 Å². The second kappa shape index (κ2) is 10.1. The maximum atomic E-state index is 13.4. The summed E-state index contributed by atoms with van der Waals surface area (Å²) in [6.45, 7) is 1.85. The number of ether oxygens (including phenoxy) is 1. The number of alkyl halides is 3. The van der Waals surface area contributed by atoms with E-state index in [4.69, 9.17) is 16.3 Å². The molecule has 3 heterocycles. The molecule has 1 fully saturated rings. The molecule has 1 aliphatic heterocycles. The number of rotatable bonds is 6. The molecule has 4 rings (SSSR count). The molecule has 0 aliphatic carbocycles. The first kappa shape index (κ1) is 24.1. The highest BCUT2D eigenvalue weighted by molar-refractivity contribution is 6.31. The zero-order valence-electron chi connectivity index (χ0n) is 18.3. The number of methoxy groups -OCH3 is 1. The number of nitrogens with zero attached hydrogens (tertiary/aromatic N) is 5. The van der Waals surface area contributed by atoms with Gasteiger partial charge in [-0.2, -0.15) is 18.3 Å². The van der Waals surface area contributed by atoms with Crippen molar-refractivity contribution in [1.29, 1.82) is 0 Å². The molecule has 8 nitrogen and oxygen atoms in total. The summed E-state index contributed by atoms with van der Waals surface area (Å²) in [5.41, 5.74) is 3.13. The lowest BCUT2D eigenvalue weighted by Crippen LogP contribution is -2.47. The lowest BCUT2D eigenvalue weighted by atomic mass is 10.1. The highest BCUT2D eigenvalue weighted by Crippen LogP contribution is 2.35. The highest BCUT2D eigenvalue weighted by atomic mass is 35.5. The number of fused-ring (bicyclic) bond motifs is 1. The average Bonchev–Trinajstić information content (AvgIpc) is 3.27. The van der Waals surface area contributed by atoms with E-state index in [2.05, 4.69) is 20.5 Å². The summed E-state index contributed by atoms with van der Waals surface area (Å²) in [5.74, 6) is -0.328. The van der Waals surface area contributed by atoms with Gasteiger partial charge in [0.05, 0.1) is 42.7 Å². The quantitative estimate of drug-likeness (QED) is 0.553. The van der Waals surface area contributed by atoms with Crippen LogP contribution in [0.25, 0.3) is 10.9 Å². The minimum Gasteiger partial charge on any atom is -0.383 e. The summed E-state index contributed by atoms with van der Waals surface area (Å²) < 4.78 is 46.8. The Morgan fingerprint density at radius 2 is 2.15 bits per heavy atom. The number of hydrogen-bond donors (Lipinski definition) is 1. The van der Waals surface area contributed by atoms with Gasteiger partial charge in [0.15, 0.2) is 0 Å². The van der Waals surface area contributed by atoms with Crippen LogP contribution in [0.5, 0.6) is 0 Å². The smallest absolute Gasteiger partial charge is 0.383 e. The van der Waals surface area contributed by atoms with Gasteiger partial charge in [-0.25, -0.2) is 9.99 Å². The number of carbonyl (C=O) groups excluding carboxylic acids is 1. The van der Waals surface area contributed by atoms with E-state index in [0.29, 0.717) is 54.2 Å². The second-order valence-electron chi connectivity index (χ2n) is 7.81. The molecular weight excluding hydrogens is 473 g/mol. The van der Waals surface area contributed by atoms with E-state index in [1.54, 1.807) is 29.1 Å². The van der Waals surface area contributed by atoms with E-state index in [-0.39, 0.29) is 23.7 Å². The Labute approximate surface area is 198 Å². The van der Waals surface area contributed by atoms with Crippen molar-refractivity contribution in [2.24, 2.45) is 4.99 Å². The van der Waals surface area contributed by atoms with Crippen molar-refractivity contribution >= 4 is 39.8 Å².